The van der Waals surface area contributed by atoms with Crippen molar-refractivity contribution in [3.05, 3.63) is 0 Å². The Morgan fingerprint density at radius 3 is 2.35 bits per heavy atom. The molecule has 2 atom stereocenters. The minimum Gasteiger partial charge on any atom is -0.344 e. The minimum absolute atomic E-state index is 0.000243. The Balaban J connectivity index is 2.87. The molecule has 0 aromatic carbocycles. The second-order valence-corrected chi connectivity index (χ2v) is 6.48. The SMILES string of the molecule is CCC(CC)CN1C(=O)C(CC(C)C)NC(=O)CC1C. The summed E-state index contributed by atoms with van der Waals surface area (Å²) in [6.45, 7) is 11.2. The van der Waals surface area contributed by atoms with E-state index in [0.29, 0.717) is 18.3 Å². The van der Waals surface area contributed by atoms with Gasteiger partial charge in [0.15, 0.2) is 0 Å². The van der Waals surface area contributed by atoms with Crippen LogP contribution in [-0.2, 0) is 9.59 Å². The molecule has 2 amide bonds. The molecular formula is C16H30N2O2. The van der Waals surface area contributed by atoms with Gasteiger partial charge in [-0.05, 0) is 25.2 Å². The van der Waals surface area contributed by atoms with Gasteiger partial charge < -0.3 is 10.2 Å². The number of hydrogen-bond acceptors (Lipinski definition) is 2. The van der Waals surface area contributed by atoms with Crippen molar-refractivity contribution in [3.8, 4) is 0 Å². The predicted octanol–water partition coefficient (Wildman–Crippen LogP) is 2.57. The van der Waals surface area contributed by atoms with Crippen LogP contribution in [0.15, 0.2) is 0 Å². The van der Waals surface area contributed by atoms with Gasteiger partial charge >= 0.3 is 0 Å². The van der Waals surface area contributed by atoms with Crippen LogP contribution in [0.4, 0.5) is 0 Å². The lowest BCUT2D eigenvalue weighted by atomic mass is 9.99. The van der Waals surface area contributed by atoms with Crippen LogP contribution in [0.25, 0.3) is 0 Å². The van der Waals surface area contributed by atoms with E-state index in [9.17, 15) is 9.59 Å². The normalized spacial score (nSPS) is 24.2. The third-order valence-corrected chi connectivity index (χ3v) is 4.25. The first-order chi connectivity index (χ1) is 9.38. The monoisotopic (exact) mass is 282 g/mol. The van der Waals surface area contributed by atoms with Crippen LogP contribution in [0.3, 0.4) is 0 Å². The fraction of sp³-hybridized carbons (Fsp3) is 0.875. The second-order valence-electron chi connectivity index (χ2n) is 6.48. The van der Waals surface area contributed by atoms with Crippen LogP contribution in [0, 0.1) is 11.8 Å². The molecule has 4 heteroatoms. The number of nitrogens with one attached hydrogen (secondary N) is 1. The molecule has 1 aliphatic rings. The highest BCUT2D eigenvalue weighted by atomic mass is 16.2. The van der Waals surface area contributed by atoms with Gasteiger partial charge in [-0.2, -0.15) is 0 Å². The first-order valence-corrected chi connectivity index (χ1v) is 7.98. The van der Waals surface area contributed by atoms with Crippen LogP contribution in [0.1, 0.15) is 60.3 Å². The van der Waals surface area contributed by atoms with E-state index in [0.717, 1.165) is 25.8 Å². The second kappa shape index (κ2) is 7.65. The third kappa shape index (κ3) is 4.50. The van der Waals surface area contributed by atoms with Crippen molar-refractivity contribution in [1.29, 1.82) is 0 Å². The maximum absolute atomic E-state index is 12.7. The average Bonchev–Trinajstić information content (AvgIpc) is 2.46. The van der Waals surface area contributed by atoms with Crippen molar-refractivity contribution < 1.29 is 9.59 Å². The van der Waals surface area contributed by atoms with E-state index >= 15 is 0 Å². The number of carbonyl (C=O) groups is 2. The van der Waals surface area contributed by atoms with Gasteiger partial charge in [0.1, 0.15) is 6.04 Å². The molecule has 116 valence electrons. The van der Waals surface area contributed by atoms with Gasteiger partial charge in [0.2, 0.25) is 11.8 Å². The van der Waals surface area contributed by atoms with Gasteiger partial charge in [-0.3, -0.25) is 9.59 Å². The largest absolute Gasteiger partial charge is 0.344 e. The van der Waals surface area contributed by atoms with E-state index in [1.54, 1.807) is 0 Å². The topological polar surface area (TPSA) is 49.4 Å². The van der Waals surface area contributed by atoms with Gasteiger partial charge in [-0.1, -0.05) is 40.5 Å². The summed E-state index contributed by atoms with van der Waals surface area (Å²) >= 11 is 0. The number of carbonyl (C=O) groups excluding carboxylic acids is 2. The summed E-state index contributed by atoms with van der Waals surface area (Å²) in [7, 11) is 0. The predicted molar refractivity (Wildman–Crippen MR) is 81.2 cm³/mol. The number of nitrogens with zero attached hydrogens (tertiary/aromatic N) is 1. The lowest BCUT2D eigenvalue weighted by Gasteiger charge is -2.32. The van der Waals surface area contributed by atoms with Crippen molar-refractivity contribution >= 4 is 11.8 Å². The van der Waals surface area contributed by atoms with Crippen molar-refractivity contribution in [3.63, 3.8) is 0 Å². The number of rotatable bonds is 6. The van der Waals surface area contributed by atoms with Gasteiger partial charge in [-0.15, -0.1) is 0 Å². The molecule has 0 radical (unpaired) electrons. The number of hydrogen-bond donors (Lipinski definition) is 1. The molecule has 0 saturated carbocycles. The summed E-state index contributed by atoms with van der Waals surface area (Å²) in [5.41, 5.74) is 0. The zero-order chi connectivity index (χ0) is 15.3. The first-order valence-electron chi connectivity index (χ1n) is 7.98. The molecule has 1 fully saturated rings. The molecule has 0 aliphatic carbocycles. The summed E-state index contributed by atoms with van der Waals surface area (Å²) < 4.78 is 0. The highest BCUT2D eigenvalue weighted by Crippen LogP contribution is 2.19. The van der Waals surface area contributed by atoms with E-state index in [4.69, 9.17) is 0 Å². The highest BCUT2D eigenvalue weighted by molar-refractivity contribution is 5.90. The molecule has 1 heterocycles. The first kappa shape index (κ1) is 17.0. The molecule has 1 saturated heterocycles. The summed E-state index contributed by atoms with van der Waals surface area (Å²) in [6, 6.07) is -0.345. The van der Waals surface area contributed by atoms with Gasteiger partial charge in [0, 0.05) is 19.0 Å². The molecule has 1 aliphatic heterocycles. The van der Waals surface area contributed by atoms with E-state index < -0.39 is 0 Å². The lowest BCUT2D eigenvalue weighted by Crippen LogP contribution is -2.48. The molecule has 0 bridgehead atoms. The van der Waals surface area contributed by atoms with Gasteiger partial charge in [0.05, 0.1) is 0 Å². The average molecular weight is 282 g/mol. The minimum atomic E-state index is -0.346. The Labute approximate surface area is 123 Å². The third-order valence-electron chi connectivity index (χ3n) is 4.25. The Bertz CT molecular complexity index is 337. The van der Waals surface area contributed by atoms with E-state index in [1.165, 1.54) is 0 Å². The van der Waals surface area contributed by atoms with Crippen molar-refractivity contribution in [2.75, 3.05) is 6.54 Å². The van der Waals surface area contributed by atoms with E-state index in [1.807, 2.05) is 11.8 Å². The Kier molecular flexibility index (Phi) is 6.50. The Morgan fingerprint density at radius 1 is 1.25 bits per heavy atom. The molecule has 4 nitrogen and oxygen atoms in total. The van der Waals surface area contributed by atoms with Crippen molar-refractivity contribution in [2.45, 2.75) is 72.4 Å². The zero-order valence-corrected chi connectivity index (χ0v) is 13.6. The van der Waals surface area contributed by atoms with E-state index in [2.05, 4.69) is 33.0 Å². The molecule has 0 aromatic rings. The maximum atomic E-state index is 12.7. The summed E-state index contributed by atoms with van der Waals surface area (Å²) in [5, 5.41) is 2.90. The summed E-state index contributed by atoms with van der Waals surface area (Å²) in [6.07, 6.45) is 3.28. The van der Waals surface area contributed by atoms with Gasteiger partial charge in [-0.25, -0.2) is 0 Å². The van der Waals surface area contributed by atoms with Crippen LogP contribution in [-0.4, -0.2) is 35.3 Å². The fourth-order valence-corrected chi connectivity index (χ4v) is 2.84. The quantitative estimate of drug-likeness (QED) is 0.814. The molecule has 1 rings (SSSR count). The molecule has 20 heavy (non-hydrogen) atoms. The smallest absolute Gasteiger partial charge is 0.245 e. The molecule has 0 spiro atoms. The highest BCUT2D eigenvalue weighted by Gasteiger charge is 2.34. The van der Waals surface area contributed by atoms with Crippen LogP contribution in [0.5, 0.6) is 0 Å². The Hall–Kier alpha value is -1.06. The van der Waals surface area contributed by atoms with Crippen LogP contribution >= 0.6 is 0 Å². The van der Waals surface area contributed by atoms with Crippen LogP contribution in [0.2, 0.25) is 0 Å². The molecule has 1 N–H and O–H groups in total. The fourth-order valence-electron chi connectivity index (χ4n) is 2.84. The van der Waals surface area contributed by atoms with Crippen LogP contribution < -0.4 is 5.32 Å². The van der Waals surface area contributed by atoms with Crippen molar-refractivity contribution in [2.24, 2.45) is 11.8 Å². The van der Waals surface area contributed by atoms with Gasteiger partial charge in [0.25, 0.3) is 0 Å². The maximum Gasteiger partial charge on any atom is 0.245 e. The zero-order valence-electron chi connectivity index (χ0n) is 13.6. The molecule has 0 aromatic heterocycles. The van der Waals surface area contributed by atoms with E-state index in [-0.39, 0.29) is 23.9 Å². The number of amides is 2. The standard InChI is InChI=1S/C16H30N2O2/c1-6-13(7-2)10-18-12(5)9-15(19)17-14(16(18)20)8-11(3)4/h11-14H,6-10H2,1-5H3,(H,17,19). The summed E-state index contributed by atoms with van der Waals surface area (Å²) in [4.78, 5) is 26.6. The Morgan fingerprint density at radius 2 is 1.85 bits per heavy atom. The molecular weight excluding hydrogens is 252 g/mol. The molecule has 2 unspecified atom stereocenters. The summed E-state index contributed by atoms with van der Waals surface area (Å²) in [5.74, 6) is 1.02. The lowest BCUT2D eigenvalue weighted by molar-refractivity contribution is -0.136. The van der Waals surface area contributed by atoms with Crippen molar-refractivity contribution in [1.82, 2.24) is 10.2 Å².